The van der Waals surface area contributed by atoms with Gasteiger partial charge in [0.15, 0.2) is 0 Å². The van der Waals surface area contributed by atoms with Crippen molar-refractivity contribution in [1.82, 2.24) is 4.90 Å². The molecule has 0 unspecified atom stereocenters. The Kier molecular flexibility index (Phi) is 9.39. The van der Waals surface area contributed by atoms with E-state index in [2.05, 4.69) is 0 Å². The third-order valence-corrected chi connectivity index (χ3v) is 4.63. The standard InChI is InChI=1S/C14H10F21NO2/c15-5(16,7(19,20)9(23,24)11(27,28)13(31,32)33)6(17,18)8(21,22)10(25,26)12(29,30)14(34,35)36(1-3-37)2-4-38/h37-38H,1-4H2. The van der Waals surface area contributed by atoms with E-state index in [9.17, 15) is 92.2 Å². The van der Waals surface area contributed by atoms with Crippen LogP contribution in [0.15, 0.2) is 0 Å². The number of alkyl halides is 21. The molecule has 0 aliphatic rings. The highest BCUT2D eigenvalue weighted by molar-refractivity contribution is 5.17. The van der Waals surface area contributed by atoms with Crippen LogP contribution in [-0.2, 0) is 0 Å². The number of hydrogen-bond acceptors (Lipinski definition) is 3. The maximum atomic E-state index is 13.9. The van der Waals surface area contributed by atoms with Gasteiger partial charge in [0, 0.05) is 13.1 Å². The quantitative estimate of drug-likeness (QED) is 0.210. The molecule has 0 heterocycles. The monoisotopic (exact) mass is 623 g/mol. The predicted octanol–water partition coefficient (Wildman–Crippen LogP) is 5.51. The zero-order valence-corrected chi connectivity index (χ0v) is 17.1. The van der Waals surface area contributed by atoms with Gasteiger partial charge < -0.3 is 10.2 Å². The Balaban J connectivity index is 7.11. The molecule has 2 N–H and O–H groups in total. The van der Waals surface area contributed by atoms with Gasteiger partial charge in [0.25, 0.3) is 0 Å². The molecular weight excluding hydrogens is 613 g/mol. The number of aliphatic hydroxyl groups is 2. The second-order valence-corrected chi connectivity index (χ2v) is 7.07. The van der Waals surface area contributed by atoms with Crippen molar-refractivity contribution in [2.24, 2.45) is 0 Å². The van der Waals surface area contributed by atoms with E-state index in [4.69, 9.17) is 10.2 Å². The first-order valence-electron chi connectivity index (χ1n) is 8.71. The van der Waals surface area contributed by atoms with Crippen molar-refractivity contribution in [2.45, 2.75) is 59.6 Å². The van der Waals surface area contributed by atoms with Gasteiger partial charge in [0.05, 0.1) is 13.2 Å². The predicted molar refractivity (Wildman–Crippen MR) is 76.3 cm³/mol. The Morgan fingerprint density at radius 3 is 0.763 bits per heavy atom. The molecular formula is C14H10F21NO2. The van der Waals surface area contributed by atoms with Crippen LogP contribution in [-0.4, -0.2) is 101 Å². The molecule has 230 valence electrons. The minimum absolute atomic E-state index is 1.54. The maximum absolute atomic E-state index is 13.9. The van der Waals surface area contributed by atoms with Crippen molar-refractivity contribution < 1.29 is 102 Å². The average Bonchev–Trinajstić information content (AvgIpc) is 2.71. The molecule has 3 nitrogen and oxygen atoms in total. The fraction of sp³-hybridized carbons (Fsp3) is 1.00. The Hall–Kier alpha value is -1.59. The van der Waals surface area contributed by atoms with Crippen molar-refractivity contribution in [3.63, 3.8) is 0 Å². The Labute approximate surface area is 194 Å². The van der Waals surface area contributed by atoms with E-state index in [-0.39, 0.29) is 0 Å². The molecule has 0 amide bonds. The van der Waals surface area contributed by atoms with E-state index in [1.54, 1.807) is 0 Å². The van der Waals surface area contributed by atoms with Gasteiger partial charge in [-0.25, -0.2) is 4.90 Å². The summed E-state index contributed by atoms with van der Waals surface area (Å²) in [4.78, 5) is -1.54. The highest BCUT2D eigenvalue weighted by Crippen LogP contribution is 2.66. The van der Waals surface area contributed by atoms with Gasteiger partial charge >= 0.3 is 59.6 Å². The van der Waals surface area contributed by atoms with Gasteiger partial charge in [-0.2, -0.15) is 92.2 Å². The molecule has 0 radical (unpaired) electrons. The molecule has 0 aliphatic carbocycles. The summed E-state index contributed by atoms with van der Waals surface area (Å²) in [7, 11) is 0. The average molecular weight is 623 g/mol. The third kappa shape index (κ3) is 4.60. The van der Waals surface area contributed by atoms with Crippen LogP contribution in [0.2, 0.25) is 0 Å². The first-order valence-corrected chi connectivity index (χ1v) is 8.71. The van der Waals surface area contributed by atoms with Crippen molar-refractivity contribution in [3.8, 4) is 0 Å². The van der Waals surface area contributed by atoms with Crippen LogP contribution in [0.5, 0.6) is 0 Å². The van der Waals surface area contributed by atoms with Crippen molar-refractivity contribution >= 4 is 0 Å². The molecule has 0 aromatic carbocycles. The van der Waals surface area contributed by atoms with Crippen LogP contribution in [0.25, 0.3) is 0 Å². The molecule has 0 spiro atoms. The van der Waals surface area contributed by atoms with Crippen LogP contribution in [0.3, 0.4) is 0 Å². The first-order chi connectivity index (χ1) is 16.3. The molecule has 0 aliphatic heterocycles. The molecule has 0 atom stereocenters. The summed E-state index contributed by atoms with van der Waals surface area (Å²) in [5.41, 5.74) is 0. The van der Waals surface area contributed by atoms with Crippen LogP contribution in [0.1, 0.15) is 0 Å². The third-order valence-electron chi connectivity index (χ3n) is 4.63. The summed E-state index contributed by atoms with van der Waals surface area (Å²) < 4.78 is 279. The maximum Gasteiger partial charge on any atom is 0.460 e. The smallest absolute Gasteiger partial charge is 0.395 e. The Bertz CT molecular complexity index is 813. The van der Waals surface area contributed by atoms with E-state index in [1.807, 2.05) is 0 Å². The Morgan fingerprint density at radius 1 is 0.342 bits per heavy atom. The lowest BCUT2D eigenvalue weighted by Crippen LogP contribution is -2.77. The highest BCUT2D eigenvalue weighted by Gasteiger charge is 2.98. The topological polar surface area (TPSA) is 43.7 Å². The largest absolute Gasteiger partial charge is 0.460 e. The first kappa shape index (κ1) is 36.4. The summed E-state index contributed by atoms with van der Waals surface area (Å²) in [6.07, 6.45) is -8.03. The van der Waals surface area contributed by atoms with Crippen molar-refractivity contribution in [2.75, 3.05) is 26.3 Å². The lowest BCUT2D eigenvalue weighted by molar-refractivity contribution is -0.478. The van der Waals surface area contributed by atoms with E-state index in [1.165, 1.54) is 0 Å². The highest BCUT2D eigenvalue weighted by atomic mass is 19.4. The van der Waals surface area contributed by atoms with Crippen LogP contribution < -0.4 is 0 Å². The molecule has 0 bridgehead atoms. The fourth-order valence-corrected chi connectivity index (χ4v) is 2.38. The number of rotatable bonds is 13. The summed E-state index contributed by atoms with van der Waals surface area (Å²) in [6.45, 7) is -7.52. The van der Waals surface area contributed by atoms with Gasteiger partial charge in [-0.05, 0) is 0 Å². The molecule has 0 aromatic rings. The van der Waals surface area contributed by atoms with Crippen LogP contribution in [0.4, 0.5) is 92.2 Å². The second-order valence-electron chi connectivity index (χ2n) is 7.07. The SMILES string of the molecule is OCCN(CCO)C(F)(F)C(F)(F)C(F)(F)C(F)(F)C(F)(F)C(F)(F)C(F)(F)C(F)(F)C(F)(F)C(F)(F)F. The van der Waals surface area contributed by atoms with Gasteiger partial charge in [0.1, 0.15) is 0 Å². The summed E-state index contributed by atoms with van der Waals surface area (Å²) in [5.74, 6) is -70.9. The molecule has 38 heavy (non-hydrogen) atoms. The van der Waals surface area contributed by atoms with Crippen LogP contribution >= 0.6 is 0 Å². The zero-order chi connectivity index (χ0) is 31.4. The summed E-state index contributed by atoms with van der Waals surface area (Å²) >= 11 is 0. The van der Waals surface area contributed by atoms with E-state index in [0.29, 0.717) is 0 Å². The molecule has 24 heteroatoms. The van der Waals surface area contributed by atoms with Crippen molar-refractivity contribution in [1.29, 1.82) is 0 Å². The van der Waals surface area contributed by atoms with E-state index in [0.717, 1.165) is 0 Å². The van der Waals surface area contributed by atoms with Gasteiger partial charge in [-0.3, -0.25) is 0 Å². The minimum Gasteiger partial charge on any atom is -0.395 e. The van der Waals surface area contributed by atoms with E-state index < -0.39 is 90.8 Å². The lowest BCUT2D eigenvalue weighted by atomic mass is 9.87. The minimum atomic E-state index is -9.23. The summed E-state index contributed by atoms with van der Waals surface area (Å²) in [6, 6.07) is -6.99. The fourth-order valence-electron chi connectivity index (χ4n) is 2.38. The van der Waals surface area contributed by atoms with Gasteiger partial charge in [0.2, 0.25) is 0 Å². The normalized spacial score (nSPS) is 16.4. The lowest BCUT2D eigenvalue weighted by Gasteiger charge is -2.45. The molecule has 0 saturated carbocycles. The molecule has 0 saturated heterocycles. The second kappa shape index (κ2) is 9.80. The number of aliphatic hydroxyl groups excluding tert-OH is 2. The summed E-state index contributed by atoms with van der Waals surface area (Å²) in [5, 5.41) is 16.9. The van der Waals surface area contributed by atoms with Crippen LogP contribution in [0, 0.1) is 0 Å². The molecule has 0 aromatic heterocycles. The molecule has 0 rings (SSSR count). The zero-order valence-electron chi connectivity index (χ0n) is 17.1. The van der Waals surface area contributed by atoms with E-state index >= 15 is 0 Å². The van der Waals surface area contributed by atoms with Gasteiger partial charge in [-0.1, -0.05) is 0 Å². The number of hydrogen-bond donors (Lipinski definition) is 2. The van der Waals surface area contributed by atoms with Gasteiger partial charge in [-0.15, -0.1) is 0 Å². The number of halogens is 21. The molecule has 0 fully saturated rings. The van der Waals surface area contributed by atoms with Crippen molar-refractivity contribution in [3.05, 3.63) is 0 Å². The number of nitrogens with zero attached hydrogens (tertiary/aromatic N) is 1. The Morgan fingerprint density at radius 2 is 0.553 bits per heavy atom.